The lowest BCUT2D eigenvalue weighted by Crippen LogP contribution is -2.07. The molecule has 0 aliphatic carbocycles. The van der Waals surface area contributed by atoms with E-state index in [2.05, 4.69) is 11.7 Å². The van der Waals surface area contributed by atoms with Gasteiger partial charge in [0.25, 0.3) is 0 Å². The zero-order valence-electron chi connectivity index (χ0n) is 14.7. The van der Waals surface area contributed by atoms with Crippen molar-refractivity contribution in [3.05, 3.63) is 101 Å². The van der Waals surface area contributed by atoms with Crippen molar-refractivity contribution in [2.45, 2.75) is 13.0 Å². The highest BCUT2D eigenvalue weighted by Gasteiger charge is 2.08. The molecule has 0 aliphatic heterocycles. The minimum Gasteiger partial charge on any atom is -0.489 e. The number of para-hydroxylation sites is 1. The van der Waals surface area contributed by atoms with Gasteiger partial charge in [0.1, 0.15) is 17.9 Å². The SMILES string of the molecule is C=CCc1coc2cc(OCc3cnn(-c4ccccc4)c3)ccc2c1=O. The quantitative estimate of drug-likeness (QED) is 0.483. The molecule has 2 aromatic heterocycles. The molecular weight excluding hydrogens is 340 g/mol. The normalized spacial score (nSPS) is 10.8. The number of nitrogens with zero attached hydrogens (tertiary/aromatic N) is 2. The molecule has 0 radical (unpaired) electrons. The molecule has 0 amide bonds. The largest absolute Gasteiger partial charge is 0.489 e. The third-order valence-corrected chi connectivity index (χ3v) is 4.24. The number of rotatable bonds is 6. The molecule has 0 spiro atoms. The first-order valence-electron chi connectivity index (χ1n) is 8.62. The summed E-state index contributed by atoms with van der Waals surface area (Å²) < 4.78 is 13.2. The predicted octanol–water partition coefficient (Wildman–Crippen LogP) is 4.29. The zero-order chi connectivity index (χ0) is 18.6. The summed E-state index contributed by atoms with van der Waals surface area (Å²) in [6, 6.07) is 15.1. The van der Waals surface area contributed by atoms with Crippen LogP contribution in [0.3, 0.4) is 0 Å². The van der Waals surface area contributed by atoms with E-state index in [0.29, 0.717) is 35.3 Å². The molecule has 0 atom stereocenters. The number of hydrogen-bond donors (Lipinski definition) is 0. The van der Waals surface area contributed by atoms with Crippen LogP contribution in [0, 0.1) is 0 Å². The van der Waals surface area contributed by atoms with Gasteiger partial charge >= 0.3 is 0 Å². The topological polar surface area (TPSA) is 57.3 Å². The van der Waals surface area contributed by atoms with Gasteiger partial charge in [-0.15, -0.1) is 6.58 Å². The number of allylic oxidation sites excluding steroid dienone is 1. The van der Waals surface area contributed by atoms with Gasteiger partial charge in [-0.05, 0) is 30.7 Å². The van der Waals surface area contributed by atoms with E-state index in [4.69, 9.17) is 9.15 Å². The Labute approximate surface area is 156 Å². The van der Waals surface area contributed by atoms with Crippen LogP contribution in [0.25, 0.3) is 16.7 Å². The van der Waals surface area contributed by atoms with E-state index in [-0.39, 0.29) is 5.43 Å². The number of ether oxygens (including phenoxy) is 1. The molecule has 134 valence electrons. The van der Waals surface area contributed by atoms with Crippen molar-refractivity contribution >= 4 is 11.0 Å². The van der Waals surface area contributed by atoms with E-state index in [1.54, 1.807) is 35.2 Å². The molecule has 2 heterocycles. The standard InChI is InChI=1S/C22H18N2O3/c1-2-6-17-15-27-21-11-19(9-10-20(21)22(17)25)26-14-16-12-23-24(13-16)18-7-4-3-5-8-18/h2-5,7-13,15H,1,6,14H2. The van der Waals surface area contributed by atoms with E-state index in [1.807, 2.05) is 36.5 Å². The average molecular weight is 358 g/mol. The van der Waals surface area contributed by atoms with Crippen molar-refractivity contribution in [2.24, 2.45) is 0 Å². The van der Waals surface area contributed by atoms with Crippen molar-refractivity contribution in [2.75, 3.05) is 0 Å². The molecule has 0 unspecified atom stereocenters. The molecular formula is C22H18N2O3. The molecule has 5 nitrogen and oxygen atoms in total. The predicted molar refractivity (Wildman–Crippen MR) is 104 cm³/mol. The summed E-state index contributed by atoms with van der Waals surface area (Å²) in [5.41, 5.74) is 3.00. The van der Waals surface area contributed by atoms with E-state index in [1.165, 1.54) is 6.26 Å². The first-order chi connectivity index (χ1) is 13.2. The number of hydrogen-bond acceptors (Lipinski definition) is 4. The van der Waals surface area contributed by atoms with Crippen LogP contribution in [-0.4, -0.2) is 9.78 Å². The minimum atomic E-state index is -0.0353. The third kappa shape index (κ3) is 3.53. The lowest BCUT2D eigenvalue weighted by Gasteiger charge is -2.06. The van der Waals surface area contributed by atoms with Gasteiger partial charge in [0.05, 0.1) is 23.5 Å². The van der Waals surface area contributed by atoms with Gasteiger partial charge in [-0.3, -0.25) is 4.79 Å². The van der Waals surface area contributed by atoms with Crippen molar-refractivity contribution in [3.63, 3.8) is 0 Å². The first kappa shape index (κ1) is 16.8. The summed E-state index contributed by atoms with van der Waals surface area (Å²) in [4.78, 5) is 12.4. The van der Waals surface area contributed by atoms with Crippen LogP contribution >= 0.6 is 0 Å². The van der Waals surface area contributed by atoms with Crippen LogP contribution in [-0.2, 0) is 13.0 Å². The molecule has 2 aromatic carbocycles. The second-order valence-electron chi connectivity index (χ2n) is 6.16. The van der Waals surface area contributed by atoms with Crippen molar-refractivity contribution in [3.8, 4) is 11.4 Å². The van der Waals surface area contributed by atoms with Crippen LogP contribution in [0.2, 0.25) is 0 Å². The van der Waals surface area contributed by atoms with Crippen LogP contribution in [0.1, 0.15) is 11.1 Å². The van der Waals surface area contributed by atoms with Crippen LogP contribution in [0.15, 0.2) is 89.1 Å². The Morgan fingerprint density at radius 3 is 2.85 bits per heavy atom. The Kier molecular flexibility index (Phi) is 4.58. The summed E-state index contributed by atoms with van der Waals surface area (Å²) >= 11 is 0. The maximum Gasteiger partial charge on any atom is 0.196 e. The molecule has 4 rings (SSSR count). The van der Waals surface area contributed by atoms with E-state index >= 15 is 0 Å². The second kappa shape index (κ2) is 7.33. The fourth-order valence-corrected chi connectivity index (χ4v) is 2.86. The number of aromatic nitrogens is 2. The van der Waals surface area contributed by atoms with Crippen molar-refractivity contribution < 1.29 is 9.15 Å². The number of fused-ring (bicyclic) bond motifs is 1. The van der Waals surface area contributed by atoms with Gasteiger partial charge in [-0.2, -0.15) is 5.10 Å². The zero-order valence-corrected chi connectivity index (χ0v) is 14.7. The Balaban J connectivity index is 1.51. The Morgan fingerprint density at radius 1 is 1.19 bits per heavy atom. The third-order valence-electron chi connectivity index (χ3n) is 4.24. The van der Waals surface area contributed by atoms with E-state index < -0.39 is 0 Å². The lowest BCUT2D eigenvalue weighted by molar-refractivity contribution is 0.306. The first-order valence-corrected chi connectivity index (χ1v) is 8.62. The van der Waals surface area contributed by atoms with Gasteiger partial charge in [0.2, 0.25) is 0 Å². The summed E-state index contributed by atoms with van der Waals surface area (Å²) in [6.45, 7) is 4.03. The second-order valence-corrected chi connectivity index (χ2v) is 6.16. The van der Waals surface area contributed by atoms with Gasteiger partial charge in [0.15, 0.2) is 5.43 Å². The molecule has 0 N–H and O–H groups in total. The fourth-order valence-electron chi connectivity index (χ4n) is 2.86. The summed E-state index contributed by atoms with van der Waals surface area (Å²) in [5, 5.41) is 4.90. The summed E-state index contributed by atoms with van der Waals surface area (Å²) in [5.74, 6) is 0.634. The van der Waals surface area contributed by atoms with Gasteiger partial charge < -0.3 is 9.15 Å². The Hall–Kier alpha value is -3.60. The highest BCUT2D eigenvalue weighted by Crippen LogP contribution is 2.20. The molecule has 4 aromatic rings. The molecule has 27 heavy (non-hydrogen) atoms. The monoisotopic (exact) mass is 358 g/mol. The van der Waals surface area contributed by atoms with E-state index in [9.17, 15) is 4.79 Å². The highest BCUT2D eigenvalue weighted by atomic mass is 16.5. The van der Waals surface area contributed by atoms with Crippen LogP contribution < -0.4 is 10.2 Å². The summed E-state index contributed by atoms with van der Waals surface area (Å²) in [6.07, 6.45) is 7.36. The Morgan fingerprint density at radius 2 is 2.04 bits per heavy atom. The van der Waals surface area contributed by atoms with Crippen LogP contribution in [0.5, 0.6) is 5.75 Å². The molecule has 0 saturated heterocycles. The molecule has 5 heteroatoms. The Bertz CT molecular complexity index is 1140. The van der Waals surface area contributed by atoms with Crippen molar-refractivity contribution in [1.82, 2.24) is 9.78 Å². The van der Waals surface area contributed by atoms with E-state index in [0.717, 1.165) is 11.3 Å². The maximum atomic E-state index is 12.4. The molecule has 0 bridgehead atoms. The molecule has 0 aliphatic rings. The van der Waals surface area contributed by atoms with Gasteiger partial charge in [-0.1, -0.05) is 24.3 Å². The average Bonchev–Trinajstić information content (AvgIpc) is 3.18. The van der Waals surface area contributed by atoms with Gasteiger partial charge in [0, 0.05) is 23.4 Å². The molecule has 0 fully saturated rings. The minimum absolute atomic E-state index is 0.0353. The number of benzene rings is 2. The lowest BCUT2D eigenvalue weighted by atomic mass is 10.1. The highest BCUT2D eigenvalue weighted by molar-refractivity contribution is 5.78. The maximum absolute atomic E-state index is 12.4. The van der Waals surface area contributed by atoms with Gasteiger partial charge in [-0.25, -0.2) is 4.68 Å². The molecule has 0 saturated carbocycles. The fraction of sp³-hybridized carbons (Fsp3) is 0.0909. The van der Waals surface area contributed by atoms with Crippen molar-refractivity contribution in [1.29, 1.82) is 0 Å². The van der Waals surface area contributed by atoms with Crippen LogP contribution in [0.4, 0.5) is 0 Å². The summed E-state index contributed by atoms with van der Waals surface area (Å²) in [7, 11) is 0. The smallest absolute Gasteiger partial charge is 0.196 e.